The minimum atomic E-state index is 0.506. The first-order valence-corrected chi connectivity index (χ1v) is 12.8. The van der Waals surface area contributed by atoms with E-state index in [0.29, 0.717) is 24.6 Å². The predicted octanol–water partition coefficient (Wildman–Crippen LogP) is 2.99. The third-order valence-electron chi connectivity index (χ3n) is 7.05. The lowest BCUT2D eigenvalue weighted by Gasteiger charge is -2.56. The van der Waals surface area contributed by atoms with Crippen LogP contribution < -0.4 is 14.4 Å². The SMILES string of the molecule is CCOc1cc(-c2nnc(N3CC4CC(C3)N4Cc3ccc(OC)nc3)s2)c2c3cn[nH]c3nn2c1. The van der Waals surface area contributed by atoms with Gasteiger partial charge < -0.3 is 14.4 Å². The summed E-state index contributed by atoms with van der Waals surface area (Å²) in [5.41, 5.74) is 3.84. The molecule has 2 atom stereocenters. The second-order valence-corrected chi connectivity index (χ2v) is 10.1. The summed E-state index contributed by atoms with van der Waals surface area (Å²) in [5.74, 6) is 1.40. The van der Waals surface area contributed by atoms with Crippen molar-refractivity contribution in [3.05, 3.63) is 42.4 Å². The van der Waals surface area contributed by atoms with Crippen molar-refractivity contribution in [3.8, 4) is 22.2 Å². The Kier molecular flexibility index (Phi) is 5.03. The van der Waals surface area contributed by atoms with Gasteiger partial charge in [-0.15, -0.1) is 15.3 Å². The fourth-order valence-corrected chi connectivity index (χ4v) is 6.22. The molecule has 0 amide bonds. The van der Waals surface area contributed by atoms with Crippen molar-refractivity contribution in [2.75, 3.05) is 31.7 Å². The summed E-state index contributed by atoms with van der Waals surface area (Å²) >= 11 is 1.61. The van der Waals surface area contributed by atoms with Gasteiger partial charge >= 0.3 is 0 Å². The third-order valence-corrected chi connectivity index (χ3v) is 8.06. The molecule has 2 unspecified atom stereocenters. The summed E-state index contributed by atoms with van der Waals surface area (Å²) in [4.78, 5) is 9.29. The molecule has 3 aliphatic heterocycles. The molecule has 12 heteroatoms. The number of rotatable bonds is 7. The standard InChI is InChI=1S/C24H25N9O2S/c1-3-35-17-7-18(21-19-9-26-27-22(19)30-33(21)13-17)23-28-29-24(36-23)31-11-15-6-16(12-31)32(15)10-14-4-5-20(34-2)25-8-14/h4-5,7-9,13,15-16H,3,6,10-12H2,1-2H3,(H,27,30). The summed E-state index contributed by atoms with van der Waals surface area (Å²) in [6.45, 7) is 5.35. The summed E-state index contributed by atoms with van der Waals surface area (Å²) in [5, 5.41) is 23.7. The lowest BCUT2D eigenvalue weighted by Crippen LogP contribution is -2.68. The highest BCUT2D eigenvalue weighted by atomic mass is 32.1. The second kappa shape index (κ2) is 8.42. The second-order valence-electron chi connectivity index (χ2n) is 9.17. The van der Waals surface area contributed by atoms with Gasteiger partial charge in [0.05, 0.1) is 37.0 Å². The van der Waals surface area contributed by atoms with Gasteiger partial charge in [0.15, 0.2) is 10.7 Å². The Bertz CT molecular complexity index is 1530. The number of methoxy groups -OCH3 is 1. The number of nitrogens with zero attached hydrogens (tertiary/aromatic N) is 8. The van der Waals surface area contributed by atoms with E-state index in [9.17, 15) is 0 Å². The molecule has 8 heterocycles. The van der Waals surface area contributed by atoms with Crippen molar-refractivity contribution in [3.63, 3.8) is 0 Å². The molecule has 3 aliphatic rings. The molecule has 8 rings (SSSR count). The average molecular weight is 504 g/mol. The Labute approximate surface area is 210 Å². The molecule has 5 aromatic rings. The van der Waals surface area contributed by atoms with Crippen LogP contribution in [0, 0.1) is 0 Å². The van der Waals surface area contributed by atoms with Crippen LogP contribution in [0.4, 0.5) is 5.13 Å². The number of aromatic amines is 1. The molecular weight excluding hydrogens is 478 g/mol. The van der Waals surface area contributed by atoms with Gasteiger partial charge in [0.1, 0.15) is 5.75 Å². The Morgan fingerprint density at radius 2 is 2.06 bits per heavy atom. The molecule has 2 bridgehead atoms. The zero-order chi connectivity index (χ0) is 24.2. The first-order valence-electron chi connectivity index (χ1n) is 12.0. The van der Waals surface area contributed by atoms with E-state index >= 15 is 0 Å². The van der Waals surface area contributed by atoms with Crippen LogP contribution in [0.5, 0.6) is 11.6 Å². The number of pyridine rings is 2. The summed E-state index contributed by atoms with van der Waals surface area (Å²) in [6, 6.07) is 7.06. The minimum Gasteiger partial charge on any atom is -0.492 e. The van der Waals surface area contributed by atoms with Gasteiger partial charge in [-0.3, -0.25) is 10.00 Å². The predicted molar refractivity (Wildman–Crippen MR) is 136 cm³/mol. The normalized spacial score (nSPS) is 19.7. The lowest BCUT2D eigenvalue weighted by molar-refractivity contribution is -0.00856. The molecule has 184 valence electrons. The van der Waals surface area contributed by atoms with E-state index in [0.717, 1.165) is 57.6 Å². The monoisotopic (exact) mass is 503 g/mol. The number of anilines is 1. The first-order chi connectivity index (χ1) is 17.7. The quantitative estimate of drug-likeness (QED) is 0.358. The lowest BCUT2D eigenvalue weighted by atomic mass is 9.87. The molecule has 5 aromatic heterocycles. The molecule has 36 heavy (non-hydrogen) atoms. The maximum atomic E-state index is 5.81. The van der Waals surface area contributed by atoms with E-state index in [1.807, 2.05) is 36.0 Å². The van der Waals surface area contributed by atoms with Gasteiger partial charge in [-0.05, 0) is 25.0 Å². The molecule has 0 spiro atoms. The van der Waals surface area contributed by atoms with Crippen molar-refractivity contribution in [2.24, 2.45) is 0 Å². The van der Waals surface area contributed by atoms with Crippen LogP contribution in [-0.2, 0) is 6.54 Å². The van der Waals surface area contributed by atoms with E-state index in [1.165, 1.54) is 12.0 Å². The highest BCUT2D eigenvalue weighted by molar-refractivity contribution is 7.18. The topological polar surface area (TPSA) is 110 Å². The summed E-state index contributed by atoms with van der Waals surface area (Å²) in [7, 11) is 1.64. The van der Waals surface area contributed by atoms with E-state index in [2.05, 4.69) is 46.3 Å². The van der Waals surface area contributed by atoms with E-state index in [1.54, 1.807) is 24.6 Å². The van der Waals surface area contributed by atoms with Crippen LogP contribution in [-0.4, -0.2) is 78.8 Å². The van der Waals surface area contributed by atoms with Crippen LogP contribution in [0.1, 0.15) is 18.9 Å². The minimum absolute atomic E-state index is 0.506. The zero-order valence-electron chi connectivity index (χ0n) is 20.0. The smallest absolute Gasteiger partial charge is 0.212 e. The maximum absolute atomic E-state index is 5.81. The Balaban J connectivity index is 1.13. The highest BCUT2D eigenvalue weighted by Gasteiger charge is 2.45. The van der Waals surface area contributed by atoms with Crippen LogP contribution in [0.15, 0.2) is 36.8 Å². The van der Waals surface area contributed by atoms with Crippen molar-refractivity contribution in [1.29, 1.82) is 0 Å². The summed E-state index contributed by atoms with van der Waals surface area (Å²) < 4.78 is 12.8. The van der Waals surface area contributed by atoms with Gasteiger partial charge in [-0.2, -0.15) is 5.10 Å². The Morgan fingerprint density at radius 1 is 1.17 bits per heavy atom. The van der Waals surface area contributed by atoms with Crippen LogP contribution in [0.25, 0.3) is 27.1 Å². The van der Waals surface area contributed by atoms with E-state index in [4.69, 9.17) is 9.47 Å². The average Bonchev–Trinajstić information content (AvgIpc) is 3.64. The van der Waals surface area contributed by atoms with Crippen molar-refractivity contribution >= 4 is 33.0 Å². The van der Waals surface area contributed by atoms with Crippen LogP contribution in [0.3, 0.4) is 0 Å². The molecule has 0 aliphatic carbocycles. The number of piperidine rings is 1. The molecule has 3 fully saturated rings. The first kappa shape index (κ1) is 21.5. The number of aromatic nitrogens is 7. The number of hydrogen-bond acceptors (Lipinski definition) is 10. The third kappa shape index (κ3) is 3.47. The molecule has 0 aromatic carbocycles. The van der Waals surface area contributed by atoms with Crippen molar-refractivity contribution in [2.45, 2.75) is 32.0 Å². The molecule has 3 saturated heterocycles. The van der Waals surface area contributed by atoms with E-state index < -0.39 is 0 Å². The Hall–Kier alpha value is -3.77. The number of hydrogen-bond donors (Lipinski definition) is 1. The number of ether oxygens (including phenoxy) is 2. The number of fused-ring (bicyclic) bond motifs is 5. The van der Waals surface area contributed by atoms with E-state index in [-0.39, 0.29) is 0 Å². The van der Waals surface area contributed by atoms with Gasteiger partial charge in [0.2, 0.25) is 11.0 Å². The van der Waals surface area contributed by atoms with Gasteiger partial charge in [-0.1, -0.05) is 17.4 Å². The molecule has 0 radical (unpaired) electrons. The van der Waals surface area contributed by atoms with Gasteiger partial charge in [0, 0.05) is 49.5 Å². The zero-order valence-corrected chi connectivity index (χ0v) is 20.8. The van der Waals surface area contributed by atoms with Gasteiger partial charge in [-0.25, -0.2) is 9.50 Å². The highest BCUT2D eigenvalue weighted by Crippen LogP contribution is 2.40. The molecule has 1 N–H and O–H groups in total. The van der Waals surface area contributed by atoms with Crippen molar-refractivity contribution < 1.29 is 9.47 Å². The van der Waals surface area contributed by atoms with Crippen molar-refractivity contribution in [1.82, 2.24) is 39.9 Å². The number of nitrogens with one attached hydrogen (secondary N) is 1. The largest absolute Gasteiger partial charge is 0.492 e. The maximum Gasteiger partial charge on any atom is 0.212 e. The van der Waals surface area contributed by atoms with Crippen LogP contribution >= 0.6 is 11.3 Å². The number of piperazine rings is 1. The molecular formula is C24H25N9O2S. The van der Waals surface area contributed by atoms with Gasteiger partial charge in [0.25, 0.3) is 0 Å². The van der Waals surface area contributed by atoms with Crippen LogP contribution in [0.2, 0.25) is 0 Å². The fourth-order valence-electron chi connectivity index (χ4n) is 5.34. The molecule has 0 saturated carbocycles. The number of H-pyrrole nitrogens is 1. The summed E-state index contributed by atoms with van der Waals surface area (Å²) in [6.07, 6.45) is 6.82. The fraction of sp³-hybridized carbons (Fsp3) is 0.375. The Morgan fingerprint density at radius 3 is 2.83 bits per heavy atom. The molecule has 11 nitrogen and oxygen atoms in total.